The fourth-order valence-electron chi connectivity index (χ4n) is 0.118. The maximum atomic E-state index is 4.47. The van der Waals surface area contributed by atoms with E-state index in [1.807, 2.05) is 0 Å². The van der Waals surface area contributed by atoms with E-state index in [2.05, 4.69) is 9.47 Å². The van der Waals surface area contributed by atoms with Crippen molar-refractivity contribution in [3.63, 3.8) is 0 Å². The largest absolute Gasteiger partial charge is 1.00 e. The summed E-state index contributed by atoms with van der Waals surface area (Å²) in [7, 11) is 3.17. The Morgan fingerprint density at radius 2 is 1.43 bits per heavy atom. The molecule has 0 aromatic carbocycles. The monoisotopic (exact) mass is 162 g/mol. The summed E-state index contributed by atoms with van der Waals surface area (Å²) in [6, 6.07) is 0. The van der Waals surface area contributed by atoms with E-state index in [0.717, 1.165) is 0 Å². The Hall–Kier alpha value is 0.997. The van der Waals surface area contributed by atoms with Crippen LogP contribution < -0.4 is 35.8 Å². The number of rotatable bonds is 2. The average Bonchev–Trinajstić information content (AvgIpc) is 1.41. The maximum Gasteiger partial charge on any atom is 1.00 e. The summed E-state index contributed by atoms with van der Waals surface area (Å²) in [5.41, 5.74) is 0. The van der Waals surface area contributed by atoms with Crippen LogP contribution in [-0.4, -0.2) is 21.0 Å². The van der Waals surface area contributed by atoms with Gasteiger partial charge in [0.15, 0.2) is 0 Å². The molecule has 0 saturated carbocycles. The van der Waals surface area contributed by atoms with Crippen molar-refractivity contribution in [2.75, 3.05) is 21.0 Å². The minimum atomic E-state index is 0. The van der Waals surface area contributed by atoms with Crippen molar-refractivity contribution in [3.8, 4) is 0 Å². The molecular formula is C3H8BrLiO2. The summed E-state index contributed by atoms with van der Waals surface area (Å²) >= 11 is 0. The number of halogens is 1. The van der Waals surface area contributed by atoms with Gasteiger partial charge in [-0.3, -0.25) is 0 Å². The third-order valence-electron chi connectivity index (χ3n) is 0.236. The second-order valence-corrected chi connectivity index (χ2v) is 0.695. The molecular weight excluding hydrogens is 155 g/mol. The SMILES string of the molecule is COCOC.[Br-].[Li+]. The fraction of sp³-hybridized carbons (Fsp3) is 1.00. The normalized spacial score (nSPS) is 6.00. The molecule has 7 heavy (non-hydrogen) atoms. The molecule has 2 nitrogen and oxygen atoms in total. The summed E-state index contributed by atoms with van der Waals surface area (Å²) in [5, 5.41) is 0. The van der Waals surface area contributed by atoms with Gasteiger partial charge in [-0.05, 0) is 0 Å². The molecule has 0 fully saturated rings. The average molecular weight is 163 g/mol. The molecule has 0 unspecified atom stereocenters. The van der Waals surface area contributed by atoms with E-state index >= 15 is 0 Å². The van der Waals surface area contributed by atoms with Gasteiger partial charge in [0, 0.05) is 14.2 Å². The maximum absolute atomic E-state index is 4.47. The van der Waals surface area contributed by atoms with Gasteiger partial charge in [0.05, 0.1) is 0 Å². The number of methoxy groups -OCH3 is 2. The predicted octanol–water partition coefficient (Wildman–Crippen LogP) is -5.76. The van der Waals surface area contributed by atoms with E-state index < -0.39 is 0 Å². The van der Waals surface area contributed by atoms with Crippen LogP contribution in [0.1, 0.15) is 0 Å². The van der Waals surface area contributed by atoms with E-state index in [1.165, 1.54) is 0 Å². The molecule has 4 heteroatoms. The van der Waals surface area contributed by atoms with Crippen molar-refractivity contribution in [1.82, 2.24) is 0 Å². The minimum Gasteiger partial charge on any atom is -1.00 e. The first-order valence-corrected chi connectivity index (χ1v) is 1.39. The Morgan fingerprint density at radius 3 is 1.43 bits per heavy atom. The van der Waals surface area contributed by atoms with Crippen molar-refractivity contribution in [3.05, 3.63) is 0 Å². The zero-order chi connectivity index (χ0) is 4.12. The molecule has 0 amide bonds. The molecule has 0 bridgehead atoms. The summed E-state index contributed by atoms with van der Waals surface area (Å²) in [5.74, 6) is 0. The summed E-state index contributed by atoms with van der Waals surface area (Å²) in [4.78, 5) is 0. The van der Waals surface area contributed by atoms with Crippen molar-refractivity contribution >= 4 is 0 Å². The second-order valence-electron chi connectivity index (χ2n) is 0.695. The van der Waals surface area contributed by atoms with Crippen molar-refractivity contribution < 1.29 is 45.3 Å². The number of hydrogen-bond donors (Lipinski definition) is 0. The van der Waals surface area contributed by atoms with E-state index in [1.54, 1.807) is 14.2 Å². The third kappa shape index (κ3) is 19.5. The van der Waals surface area contributed by atoms with Crippen molar-refractivity contribution in [2.24, 2.45) is 0 Å². The summed E-state index contributed by atoms with van der Waals surface area (Å²) in [6.45, 7) is 0.389. The molecule has 0 radical (unpaired) electrons. The zero-order valence-corrected chi connectivity index (χ0v) is 6.49. The van der Waals surface area contributed by atoms with E-state index in [4.69, 9.17) is 0 Å². The Bertz CT molecular complexity index is 20.4. The van der Waals surface area contributed by atoms with Gasteiger partial charge >= 0.3 is 18.9 Å². The van der Waals surface area contributed by atoms with Gasteiger partial charge in [0.1, 0.15) is 6.79 Å². The first-order valence-electron chi connectivity index (χ1n) is 1.39. The first kappa shape index (κ1) is 15.7. The van der Waals surface area contributed by atoms with Gasteiger partial charge in [-0.1, -0.05) is 0 Å². The van der Waals surface area contributed by atoms with Crippen LogP contribution >= 0.6 is 0 Å². The predicted molar refractivity (Wildman–Crippen MR) is 18.9 cm³/mol. The molecule has 0 rings (SSSR count). The van der Waals surface area contributed by atoms with Crippen molar-refractivity contribution in [2.45, 2.75) is 0 Å². The van der Waals surface area contributed by atoms with Crippen LogP contribution in [0, 0.1) is 0 Å². The summed E-state index contributed by atoms with van der Waals surface area (Å²) in [6.07, 6.45) is 0. The molecule has 0 aliphatic carbocycles. The Balaban J connectivity index is -0.0000000800. The van der Waals surface area contributed by atoms with Crippen LogP contribution in [-0.2, 0) is 9.47 Å². The smallest absolute Gasteiger partial charge is 1.00 e. The Morgan fingerprint density at radius 1 is 1.14 bits per heavy atom. The van der Waals surface area contributed by atoms with Crippen molar-refractivity contribution in [1.29, 1.82) is 0 Å². The van der Waals surface area contributed by atoms with Crippen LogP contribution in [0.2, 0.25) is 0 Å². The molecule has 40 valence electrons. The van der Waals surface area contributed by atoms with Crippen LogP contribution in [0.5, 0.6) is 0 Å². The Kier molecular flexibility index (Phi) is 35.3. The summed E-state index contributed by atoms with van der Waals surface area (Å²) < 4.78 is 8.94. The Labute approximate surface area is 66.5 Å². The van der Waals surface area contributed by atoms with Gasteiger partial charge in [-0.2, -0.15) is 0 Å². The van der Waals surface area contributed by atoms with Gasteiger partial charge in [-0.15, -0.1) is 0 Å². The molecule has 0 aromatic heterocycles. The molecule has 0 spiro atoms. The topological polar surface area (TPSA) is 18.5 Å². The van der Waals surface area contributed by atoms with Crippen LogP contribution in [0.3, 0.4) is 0 Å². The quantitative estimate of drug-likeness (QED) is 0.298. The van der Waals surface area contributed by atoms with Crippen LogP contribution in [0.4, 0.5) is 0 Å². The molecule has 0 aliphatic heterocycles. The first-order chi connectivity index (χ1) is 2.41. The second kappa shape index (κ2) is 15.8. The minimum absolute atomic E-state index is 0. The standard InChI is InChI=1S/C3H8O2.BrH.Li/c1-4-3-5-2;;/h3H2,1-2H3;1H;/q;;+1/p-1. The fourth-order valence-corrected chi connectivity index (χ4v) is 0.118. The van der Waals surface area contributed by atoms with E-state index in [-0.39, 0.29) is 35.8 Å². The molecule has 0 saturated heterocycles. The van der Waals surface area contributed by atoms with Gasteiger partial charge in [0.25, 0.3) is 0 Å². The van der Waals surface area contributed by atoms with Gasteiger partial charge in [-0.25, -0.2) is 0 Å². The molecule has 0 N–H and O–H groups in total. The number of hydrogen-bond acceptors (Lipinski definition) is 2. The van der Waals surface area contributed by atoms with Gasteiger partial charge < -0.3 is 26.5 Å². The third-order valence-corrected chi connectivity index (χ3v) is 0.236. The van der Waals surface area contributed by atoms with E-state index in [0.29, 0.717) is 6.79 Å². The molecule has 0 aliphatic rings. The zero-order valence-electron chi connectivity index (χ0n) is 4.90. The molecule has 0 aromatic rings. The number of ether oxygens (including phenoxy) is 2. The van der Waals surface area contributed by atoms with Crippen LogP contribution in [0.15, 0.2) is 0 Å². The molecule has 0 atom stereocenters. The molecule has 0 heterocycles. The van der Waals surface area contributed by atoms with E-state index in [9.17, 15) is 0 Å². The van der Waals surface area contributed by atoms with Crippen LogP contribution in [0.25, 0.3) is 0 Å². The van der Waals surface area contributed by atoms with Gasteiger partial charge in [0.2, 0.25) is 0 Å².